The number of fused-ring (bicyclic) bond motifs is 2. The third-order valence-electron chi connectivity index (χ3n) is 4.85. The first-order valence-electron chi connectivity index (χ1n) is 9.17. The topological polar surface area (TPSA) is 78.1 Å². The summed E-state index contributed by atoms with van der Waals surface area (Å²) in [5.74, 6) is 0.368. The van der Waals surface area contributed by atoms with Gasteiger partial charge in [-0.3, -0.25) is 14.9 Å². The molecule has 0 spiro atoms. The molecule has 138 valence electrons. The second-order valence-electron chi connectivity index (χ2n) is 7.33. The summed E-state index contributed by atoms with van der Waals surface area (Å²) in [5.41, 5.74) is 3.30. The highest BCUT2D eigenvalue weighted by atomic mass is 16.2. The number of amides is 2. The second-order valence-corrected chi connectivity index (χ2v) is 7.33. The van der Waals surface area contributed by atoms with Crippen LogP contribution < -0.4 is 5.32 Å². The Morgan fingerprint density at radius 1 is 1.19 bits per heavy atom. The van der Waals surface area contributed by atoms with Crippen LogP contribution in [0.4, 0.5) is 5.95 Å². The molecule has 6 heteroatoms. The second kappa shape index (κ2) is 6.87. The van der Waals surface area contributed by atoms with Crippen molar-refractivity contribution in [3.8, 4) is 0 Å². The molecule has 1 aliphatic rings. The Morgan fingerprint density at radius 2 is 1.93 bits per heavy atom. The Bertz CT molecular complexity index is 975. The van der Waals surface area contributed by atoms with Crippen molar-refractivity contribution < 1.29 is 9.59 Å². The molecule has 27 heavy (non-hydrogen) atoms. The van der Waals surface area contributed by atoms with E-state index in [9.17, 15) is 9.59 Å². The number of anilines is 1. The highest BCUT2D eigenvalue weighted by Gasteiger charge is 2.36. The number of aromatic nitrogens is 2. The SMILES string of the molecule is CC(C)C[C@@H](C(=O)Nc1nc2ccccc2[nH]1)N1Cc2ccccc2C1=O. The van der Waals surface area contributed by atoms with Gasteiger partial charge in [-0.25, -0.2) is 4.98 Å². The molecule has 0 fully saturated rings. The van der Waals surface area contributed by atoms with E-state index in [0.29, 0.717) is 24.5 Å². The van der Waals surface area contributed by atoms with Gasteiger partial charge in [0, 0.05) is 12.1 Å². The van der Waals surface area contributed by atoms with Gasteiger partial charge in [-0.2, -0.15) is 0 Å². The fourth-order valence-electron chi connectivity index (χ4n) is 3.56. The lowest BCUT2D eigenvalue weighted by Crippen LogP contribution is -2.45. The molecule has 4 rings (SSSR count). The summed E-state index contributed by atoms with van der Waals surface area (Å²) in [4.78, 5) is 35.1. The number of H-pyrrole nitrogens is 1. The number of imidazole rings is 1. The lowest BCUT2D eigenvalue weighted by Gasteiger charge is -2.27. The summed E-state index contributed by atoms with van der Waals surface area (Å²) in [7, 11) is 0. The number of carbonyl (C=O) groups excluding carboxylic acids is 2. The molecule has 0 saturated carbocycles. The Balaban J connectivity index is 1.58. The van der Waals surface area contributed by atoms with E-state index in [1.807, 2.05) is 48.5 Å². The number of hydrogen-bond donors (Lipinski definition) is 2. The van der Waals surface area contributed by atoms with Crippen molar-refractivity contribution in [2.24, 2.45) is 5.92 Å². The van der Waals surface area contributed by atoms with Gasteiger partial charge in [-0.15, -0.1) is 0 Å². The molecule has 0 radical (unpaired) electrons. The normalized spacial score (nSPS) is 14.6. The first-order valence-corrected chi connectivity index (χ1v) is 9.17. The van der Waals surface area contributed by atoms with E-state index in [-0.39, 0.29) is 17.7 Å². The average molecular weight is 362 g/mol. The molecule has 1 aliphatic heterocycles. The van der Waals surface area contributed by atoms with Crippen molar-refractivity contribution in [3.63, 3.8) is 0 Å². The maximum Gasteiger partial charge on any atom is 0.255 e. The molecule has 2 aromatic carbocycles. The molecule has 2 N–H and O–H groups in total. The van der Waals surface area contributed by atoms with Crippen LogP contribution in [-0.2, 0) is 11.3 Å². The Labute approximate surface area is 157 Å². The lowest BCUT2D eigenvalue weighted by atomic mass is 10.0. The third-order valence-corrected chi connectivity index (χ3v) is 4.85. The standard InChI is InChI=1S/C21H22N4O2/c1-13(2)11-18(25-12-14-7-3-4-8-15(14)20(25)27)19(26)24-21-22-16-9-5-6-10-17(16)23-21/h3-10,13,18H,11-12H2,1-2H3,(H2,22,23,24,26)/t18-/m0/s1. The highest BCUT2D eigenvalue weighted by molar-refractivity contribution is 6.03. The van der Waals surface area contributed by atoms with Gasteiger partial charge < -0.3 is 9.88 Å². The lowest BCUT2D eigenvalue weighted by molar-refractivity contribution is -0.121. The smallest absolute Gasteiger partial charge is 0.255 e. The predicted octanol–water partition coefficient (Wildman–Crippen LogP) is 3.57. The monoisotopic (exact) mass is 362 g/mol. The van der Waals surface area contributed by atoms with E-state index in [0.717, 1.165) is 16.6 Å². The van der Waals surface area contributed by atoms with Crippen LogP contribution >= 0.6 is 0 Å². The van der Waals surface area contributed by atoms with Crippen LogP contribution in [0.25, 0.3) is 11.0 Å². The van der Waals surface area contributed by atoms with Crippen molar-refractivity contribution >= 4 is 28.8 Å². The number of para-hydroxylation sites is 2. The number of hydrogen-bond acceptors (Lipinski definition) is 3. The minimum Gasteiger partial charge on any atom is -0.324 e. The van der Waals surface area contributed by atoms with Crippen molar-refractivity contribution in [2.45, 2.75) is 32.9 Å². The largest absolute Gasteiger partial charge is 0.324 e. The molecule has 0 aliphatic carbocycles. The number of nitrogens with one attached hydrogen (secondary N) is 2. The Hall–Kier alpha value is -3.15. The maximum absolute atomic E-state index is 13.0. The minimum atomic E-state index is -0.543. The average Bonchev–Trinajstić information content (AvgIpc) is 3.20. The van der Waals surface area contributed by atoms with E-state index < -0.39 is 6.04 Å². The van der Waals surface area contributed by atoms with Crippen LogP contribution in [0.3, 0.4) is 0 Å². The van der Waals surface area contributed by atoms with Gasteiger partial charge in [-0.05, 0) is 36.1 Å². The van der Waals surface area contributed by atoms with Gasteiger partial charge in [-0.1, -0.05) is 44.2 Å². The van der Waals surface area contributed by atoms with Crippen molar-refractivity contribution in [1.29, 1.82) is 0 Å². The molecule has 0 unspecified atom stereocenters. The third kappa shape index (κ3) is 3.30. The van der Waals surface area contributed by atoms with Gasteiger partial charge in [0.2, 0.25) is 11.9 Å². The highest BCUT2D eigenvalue weighted by Crippen LogP contribution is 2.27. The zero-order chi connectivity index (χ0) is 19.0. The molecular formula is C21H22N4O2. The summed E-state index contributed by atoms with van der Waals surface area (Å²) in [6, 6.07) is 14.6. The first kappa shape index (κ1) is 17.3. The van der Waals surface area contributed by atoms with Crippen LogP contribution in [0.5, 0.6) is 0 Å². The van der Waals surface area contributed by atoms with Gasteiger partial charge in [0.05, 0.1) is 11.0 Å². The molecule has 3 aromatic rings. The van der Waals surface area contributed by atoms with E-state index in [4.69, 9.17) is 0 Å². The van der Waals surface area contributed by atoms with Gasteiger partial charge >= 0.3 is 0 Å². The van der Waals surface area contributed by atoms with E-state index in [1.165, 1.54) is 0 Å². The van der Waals surface area contributed by atoms with Crippen molar-refractivity contribution in [1.82, 2.24) is 14.9 Å². The summed E-state index contributed by atoms with van der Waals surface area (Å²) in [6.07, 6.45) is 0.589. The quantitative estimate of drug-likeness (QED) is 0.728. The summed E-state index contributed by atoms with van der Waals surface area (Å²) >= 11 is 0. The fraction of sp³-hybridized carbons (Fsp3) is 0.286. The molecule has 6 nitrogen and oxygen atoms in total. The van der Waals surface area contributed by atoms with Crippen molar-refractivity contribution in [2.75, 3.05) is 5.32 Å². The fourth-order valence-corrected chi connectivity index (χ4v) is 3.56. The zero-order valence-electron chi connectivity index (χ0n) is 15.4. The van der Waals surface area contributed by atoms with E-state index >= 15 is 0 Å². The zero-order valence-corrected chi connectivity index (χ0v) is 15.4. The molecule has 1 atom stereocenters. The molecule has 2 amide bonds. The molecule has 0 saturated heterocycles. The maximum atomic E-state index is 13.0. The minimum absolute atomic E-state index is 0.0870. The molecule has 0 bridgehead atoms. The Kier molecular flexibility index (Phi) is 4.39. The predicted molar refractivity (Wildman–Crippen MR) is 104 cm³/mol. The molecule has 2 heterocycles. The molecular weight excluding hydrogens is 340 g/mol. The number of rotatable bonds is 5. The van der Waals surface area contributed by atoms with E-state index in [1.54, 1.807) is 4.90 Å². The van der Waals surface area contributed by atoms with Crippen LogP contribution in [0, 0.1) is 5.92 Å². The van der Waals surface area contributed by atoms with Crippen LogP contribution in [-0.4, -0.2) is 32.7 Å². The number of carbonyl (C=O) groups is 2. The van der Waals surface area contributed by atoms with Crippen molar-refractivity contribution in [3.05, 3.63) is 59.7 Å². The summed E-state index contributed by atoms with van der Waals surface area (Å²) < 4.78 is 0. The van der Waals surface area contributed by atoms with E-state index in [2.05, 4.69) is 29.1 Å². The number of nitrogens with zero attached hydrogens (tertiary/aromatic N) is 2. The Morgan fingerprint density at radius 3 is 2.67 bits per heavy atom. The number of aromatic amines is 1. The van der Waals surface area contributed by atoms with Crippen LogP contribution in [0.15, 0.2) is 48.5 Å². The number of benzene rings is 2. The van der Waals surface area contributed by atoms with Crippen LogP contribution in [0.1, 0.15) is 36.2 Å². The van der Waals surface area contributed by atoms with Gasteiger partial charge in [0.25, 0.3) is 5.91 Å². The summed E-state index contributed by atoms with van der Waals surface area (Å²) in [5, 5.41) is 2.86. The summed E-state index contributed by atoms with van der Waals surface area (Å²) in [6.45, 7) is 4.56. The van der Waals surface area contributed by atoms with Gasteiger partial charge in [0.15, 0.2) is 0 Å². The van der Waals surface area contributed by atoms with Gasteiger partial charge in [0.1, 0.15) is 6.04 Å². The molecule has 1 aromatic heterocycles. The van der Waals surface area contributed by atoms with Crippen LogP contribution in [0.2, 0.25) is 0 Å². The first-order chi connectivity index (χ1) is 13.0.